The van der Waals surface area contributed by atoms with Crippen LogP contribution in [-0.2, 0) is 16.1 Å². The highest BCUT2D eigenvalue weighted by Gasteiger charge is 2.28. The second-order valence-corrected chi connectivity index (χ2v) is 5.40. The highest BCUT2D eigenvalue weighted by atomic mass is 35.5. The molecule has 7 heteroatoms. The monoisotopic (exact) mass is 336 g/mol. The Bertz CT molecular complexity index is 616. The maximum absolute atomic E-state index is 12.3. The van der Waals surface area contributed by atoms with Gasteiger partial charge in [-0.15, -0.1) is 12.4 Å². The average molecular weight is 337 g/mol. The zero-order valence-electron chi connectivity index (χ0n) is 12.9. The lowest BCUT2D eigenvalue weighted by Crippen LogP contribution is -2.53. The summed E-state index contributed by atoms with van der Waals surface area (Å²) in [4.78, 5) is 12.3. The molecule has 3 rings (SSSR count). The molecule has 23 heavy (non-hydrogen) atoms. The maximum atomic E-state index is 12.3. The van der Waals surface area contributed by atoms with Crippen LogP contribution in [0.2, 0.25) is 0 Å². The van der Waals surface area contributed by atoms with Gasteiger partial charge in [0.15, 0.2) is 0 Å². The van der Waals surface area contributed by atoms with Gasteiger partial charge in [0.1, 0.15) is 6.04 Å². The number of amides is 1. The smallest absolute Gasteiger partial charge is 0.244 e. The van der Waals surface area contributed by atoms with Gasteiger partial charge >= 0.3 is 0 Å². The van der Waals surface area contributed by atoms with E-state index in [1.54, 1.807) is 6.20 Å². The molecule has 0 saturated carbocycles. The van der Waals surface area contributed by atoms with Crippen LogP contribution >= 0.6 is 12.4 Å². The fourth-order valence-corrected chi connectivity index (χ4v) is 2.52. The van der Waals surface area contributed by atoms with Crippen LogP contribution < -0.4 is 10.6 Å². The SMILES string of the molecule is C[C@H]1OCCN[C@@H]1C(=O)Nc1ccc(Cn2cccn2)cc1.Cl. The maximum Gasteiger partial charge on any atom is 0.244 e. The van der Waals surface area contributed by atoms with Crippen molar-refractivity contribution in [3.8, 4) is 0 Å². The van der Waals surface area contributed by atoms with Crippen LogP contribution in [0.1, 0.15) is 12.5 Å². The van der Waals surface area contributed by atoms with Crippen molar-refractivity contribution in [3.63, 3.8) is 0 Å². The van der Waals surface area contributed by atoms with Crippen LogP contribution in [0.4, 0.5) is 5.69 Å². The summed E-state index contributed by atoms with van der Waals surface area (Å²) in [5.74, 6) is -0.0629. The summed E-state index contributed by atoms with van der Waals surface area (Å²) in [7, 11) is 0. The number of nitrogens with zero attached hydrogens (tertiary/aromatic N) is 2. The van der Waals surface area contributed by atoms with Crippen LogP contribution in [0.5, 0.6) is 0 Å². The molecule has 1 aromatic carbocycles. The summed E-state index contributed by atoms with van der Waals surface area (Å²) in [6, 6.07) is 9.39. The molecule has 2 N–H and O–H groups in total. The predicted molar refractivity (Wildman–Crippen MR) is 90.9 cm³/mol. The first kappa shape index (κ1) is 17.5. The Labute approximate surface area is 141 Å². The Morgan fingerprint density at radius 1 is 1.43 bits per heavy atom. The molecule has 6 nitrogen and oxygen atoms in total. The number of nitrogens with one attached hydrogen (secondary N) is 2. The van der Waals surface area contributed by atoms with Crippen LogP contribution in [0.3, 0.4) is 0 Å². The number of halogens is 1. The third-order valence-corrected chi connectivity index (χ3v) is 3.72. The van der Waals surface area contributed by atoms with Crippen molar-refractivity contribution in [1.82, 2.24) is 15.1 Å². The van der Waals surface area contributed by atoms with Crippen molar-refractivity contribution in [2.45, 2.75) is 25.6 Å². The van der Waals surface area contributed by atoms with Crippen molar-refractivity contribution in [1.29, 1.82) is 0 Å². The van der Waals surface area contributed by atoms with E-state index in [4.69, 9.17) is 4.74 Å². The summed E-state index contributed by atoms with van der Waals surface area (Å²) in [6.45, 7) is 3.97. The van der Waals surface area contributed by atoms with Gasteiger partial charge in [-0.2, -0.15) is 5.10 Å². The van der Waals surface area contributed by atoms with Crippen LogP contribution in [0.25, 0.3) is 0 Å². The van der Waals surface area contributed by atoms with E-state index in [9.17, 15) is 4.79 Å². The minimum Gasteiger partial charge on any atom is -0.375 e. The van der Waals surface area contributed by atoms with E-state index in [0.29, 0.717) is 13.2 Å². The first-order valence-electron chi connectivity index (χ1n) is 7.44. The zero-order valence-corrected chi connectivity index (χ0v) is 13.8. The molecule has 2 heterocycles. The molecule has 1 aliphatic heterocycles. The fraction of sp³-hybridized carbons (Fsp3) is 0.375. The predicted octanol–water partition coefficient (Wildman–Crippen LogP) is 1.67. The van der Waals surface area contributed by atoms with E-state index in [-0.39, 0.29) is 30.5 Å². The Morgan fingerprint density at radius 3 is 2.87 bits per heavy atom. The first-order chi connectivity index (χ1) is 10.7. The molecule has 0 radical (unpaired) electrons. The Morgan fingerprint density at radius 2 is 2.22 bits per heavy atom. The van der Waals surface area contributed by atoms with Gasteiger partial charge in [-0.1, -0.05) is 12.1 Å². The fourth-order valence-electron chi connectivity index (χ4n) is 2.52. The van der Waals surface area contributed by atoms with E-state index in [1.807, 2.05) is 48.1 Å². The second-order valence-electron chi connectivity index (χ2n) is 5.40. The molecule has 124 valence electrons. The molecule has 0 spiro atoms. The summed E-state index contributed by atoms with van der Waals surface area (Å²) in [6.07, 6.45) is 3.56. The normalized spacial score (nSPS) is 20.6. The quantitative estimate of drug-likeness (QED) is 0.891. The van der Waals surface area contributed by atoms with Gasteiger partial charge in [-0.25, -0.2) is 0 Å². The number of carbonyl (C=O) groups excluding carboxylic acids is 1. The molecule has 1 aliphatic rings. The van der Waals surface area contributed by atoms with E-state index in [1.165, 1.54) is 0 Å². The average Bonchev–Trinajstić information content (AvgIpc) is 3.02. The number of ether oxygens (including phenoxy) is 1. The minimum absolute atomic E-state index is 0. The lowest BCUT2D eigenvalue weighted by molar-refractivity contribution is -0.123. The molecule has 1 amide bonds. The molecule has 2 atom stereocenters. The van der Waals surface area contributed by atoms with Gasteiger partial charge in [0.2, 0.25) is 5.91 Å². The molecular formula is C16H21ClN4O2. The molecule has 0 unspecified atom stereocenters. The van der Waals surface area contributed by atoms with Crippen molar-refractivity contribution in [2.75, 3.05) is 18.5 Å². The lowest BCUT2D eigenvalue weighted by atomic mass is 10.1. The van der Waals surface area contributed by atoms with Gasteiger partial charge in [0, 0.05) is 24.6 Å². The third kappa shape index (κ3) is 4.54. The number of anilines is 1. The van der Waals surface area contributed by atoms with Crippen molar-refractivity contribution >= 4 is 24.0 Å². The lowest BCUT2D eigenvalue weighted by Gasteiger charge is -2.29. The van der Waals surface area contributed by atoms with E-state index in [0.717, 1.165) is 17.8 Å². The Kier molecular flexibility index (Phi) is 6.15. The van der Waals surface area contributed by atoms with E-state index >= 15 is 0 Å². The van der Waals surface area contributed by atoms with Crippen LogP contribution in [0, 0.1) is 0 Å². The largest absolute Gasteiger partial charge is 0.375 e. The van der Waals surface area contributed by atoms with Gasteiger partial charge in [0.05, 0.1) is 19.3 Å². The minimum atomic E-state index is -0.308. The van der Waals surface area contributed by atoms with E-state index < -0.39 is 0 Å². The molecule has 1 saturated heterocycles. The Hall–Kier alpha value is -1.89. The number of hydrogen-bond donors (Lipinski definition) is 2. The van der Waals surface area contributed by atoms with Crippen LogP contribution in [-0.4, -0.2) is 41.0 Å². The molecule has 1 fully saturated rings. The summed E-state index contributed by atoms with van der Waals surface area (Å²) in [5.41, 5.74) is 1.92. The van der Waals surface area contributed by atoms with Crippen molar-refractivity contribution < 1.29 is 9.53 Å². The Balaban J connectivity index is 0.00000192. The number of carbonyl (C=O) groups is 1. The van der Waals surface area contributed by atoms with Gasteiger partial charge in [-0.05, 0) is 30.7 Å². The number of morpholine rings is 1. The highest BCUT2D eigenvalue weighted by molar-refractivity contribution is 5.95. The van der Waals surface area contributed by atoms with Crippen molar-refractivity contribution in [3.05, 3.63) is 48.3 Å². The second kappa shape index (κ2) is 8.10. The standard InChI is InChI=1S/C16H20N4O2.ClH/c1-12-15(17-8-10-22-12)16(21)19-14-5-3-13(4-6-14)11-20-9-2-7-18-20;/h2-7,9,12,15,17H,8,10-11H2,1H3,(H,19,21);1H/t12-,15+;/m1./s1. The molecule has 1 aromatic heterocycles. The summed E-state index contributed by atoms with van der Waals surface area (Å²) in [5, 5.41) is 10.3. The van der Waals surface area contributed by atoms with E-state index in [2.05, 4.69) is 15.7 Å². The number of benzene rings is 1. The molecule has 0 bridgehead atoms. The molecule has 0 aliphatic carbocycles. The zero-order chi connectivity index (χ0) is 15.4. The third-order valence-electron chi connectivity index (χ3n) is 3.72. The first-order valence-corrected chi connectivity index (χ1v) is 7.44. The number of aromatic nitrogens is 2. The van der Waals surface area contributed by atoms with Gasteiger partial charge in [-0.3, -0.25) is 9.48 Å². The molecule has 2 aromatic rings. The van der Waals surface area contributed by atoms with Crippen molar-refractivity contribution in [2.24, 2.45) is 0 Å². The van der Waals surface area contributed by atoms with Gasteiger partial charge < -0.3 is 15.4 Å². The number of rotatable bonds is 4. The summed E-state index contributed by atoms with van der Waals surface area (Å²) >= 11 is 0. The topological polar surface area (TPSA) is 68.2 Å². The molecular weight excluding hydrogens is 316 g/mol. The number of hydrogen-bond acceptors (Lipinski definition) is 4. The van der Waals surface area contributed by atoms with Crippen LogP contribution in [0.15, 0.2) is 42.7 Å². The summed E-state index contributed by atoms with van der Waals surface area (Å²) < 4.78 is 7.35. The highest BCUT2D eigenvalue weighted by Crippen LogP contribution is 2.13. The van der Waals surface area contributed by atoms with Gasteiger partial charge in [0.25, 0.3) is 0 Å².